The van der Waals surface area contributed by atoms with Crippen LogP contribution in [-0.4, -0.2) is 14.2 Å². The van der Waals surface area contributed by atoms with Crippen molar-refractivity contribution in [1.29, 1.82) is 0 Å². The SMILES string of the molecule is CN[C@@H](C)c1cc(C)c(C)cc1OC. The van der Waals surface area contributed by atoms with E-state index in [2.05, 4.69) is 38.2 Å². The summed E-state index contributed by atoms with van der Waals surface area (Å²) >= 11 is 0. The van der Waals surface area contributed by atoms with Crippen molar-refractivity contribution in [3.63, 3.8) is 0 Å². The summed E-state index contributed by atoms with van der Waals surface area (Å²) in [4.78, 5) is 0. The molecule has 0 aromatic heterocycles. The van der Waals surface area contributed by atoms with Crippen molar-refractivity contribution in [2.24, 2.45) is 0 Å². The van der Waals surface area contributed by atoms with Crippen LogP contribution in [0.25, 0.3) is 0 Å². The van der Waals surface area contributed by atoms with Gasteiger partial charge >= 0.3 is 0 Å². The zero-order chi connectivity index (χ0) is 10.7. The molecule has 14 heavy (non-hydrogen) atoms. The van der Waals surface area contributed by atoms with E-state index >= 15 is 0 Å². The van der Waals surface area contributed by atoms with Gasteiger partial charge in [0.05, 0.1) is 7.11 Å². The molecule has 1 rings (SSSR count). The van der Waals surface area contributed by atoms with Crippen LogP contribution in [0.5, 0.6) is 5.75 Å². The lowest BCUT2D eigenvalue weighted by Crippen LogP contribution is -2.13. The Balaban J connectivity index is 3.19. The number of ether oxygens (including phenoxy) is 1. The number of aryl methyl sites for hydroxylation is 2. The molecule has 0 saturated carbocycles. The summed E-state index contributed by atoms with van der Waals surface area (Å²) in [5, 5.41) is 3.22. The monoisotopic (exact) mass is 193 g/mol. The van der Waals surface area contributed by atoms with E-state index in [1.165, 1.54) is 16.7 Å². The van der Waals surface area contributed by atoms with E-state index < -0.39 is 0 Å². The van der Waals surface area contributed by atoms with Crippen LogP contribution in [0.15, 0.2) is 12.1 Å². The van der Waals surface area contributed by atoms with Crippen molar-refractivity contribution in [3.05, 3.63) is 28.8 Å². The second-order valence-corrected chi connectivity index (χ2v) is 3.69. The fourth-order valence-electron chi connectivity index (χ4n) is 1.48. The molecule has 1 aromatic carbocycles. The normalized spacial score (nSPS) is 12.6. The number of methoxy groups -OCH3 is 1. The maximum atomic E-state index is 5.36. The Labute approximate surface area is 86.3 Å². The highest BCUT2D eigenvalue weighted by molar-refractivity contribution is 5.43. The number of hydrogen-bond donors (Lipinski definition) is 1. The molecule has 0 fully saturated rings. The highest BCUT2D eigenvalue weighted by Crippen LogP contribution is 2.27. The van der Waals surface area contributed by atoms with Gasteiger partial charge < -0.3 is 10.1 Å². The zero-order valence-corrected chi connectivity index (χ0v) is 9.64. The predicted molar refractivity (Wildman–Crippen MR) is 59.9 cm³/mol. The van der Waals surface area contributed by atoms with Gasteiger partial charge in [0.15, 0.2) is 0 Å². The quantitative estimate of drug-likeness (QED) is 0.796. The van der Waals surface area contributed by atoms with Gasteiger partial charge in [-0.3, -0.25) is 0 Å². The Kier molecular flexibility index (Phi) is 3.53. The molecule has 0 spiro atoms. The van der Waals surface area contributed by atoms with Gasteiger partial charge in [-0.1, -0.05) is 6.07 Å². The van der Waals surface area contributed by atoms with Gasteiger partial charge in [0.1, 0.15) is 5.75 Å². The summed E-state index contributed by atoms with van der Waals surface area (Å²) in [5.41, 5.74) is 3.80. The minimum Gasteiger partial charge on any atom is -0.496 e. The van der Waals surface area contributed by atoms with Crippen molar-refractivity contribution in [3.8, 4) is 5.75 Å². The van der Waals surface area contributed by atoms with Crippen LogP contribution in [0.1, 0.15) is 29.7 Å². The van der Waals surface area contributed by atoms with Crippen LogP contribution in [0.2, 0.25) is 0 Å². The fraction of sp³-hybridized carbons (Fsp3) is 0.500. The first kappa shape index (κ1) is 11.1. The molecule has 1 atom stereocenters. The number of hydrogen-bond acceptors (Lipinski definition) is 2. The molecule has 0 radical (unpaired) electrons. The summed E-state index contributed by atoms with van der Waals surface area (Å²) < 4.78 is 5.36. The maximum absolute atomic E-state index is 5.36. The highest BCUT2D eigenvalue weighted by atomic mass is 16.5. The van der Waals surface area contributed by atoms with Crippen LogP contribution in [0.3, 0.4) is 0 Å². The van der Waals surface area contributed by atoms with Gasteiger partial charge in [-0.15, -0.1) is 0 Å². The van der Waals surface area contributed by atoms with Crippen molar-refractivity contribution >= 4 is 0 Å². The topological polar surface area (TPSA) is 21.3 Å². The molecule has 0 aliphatic heterocycles. The first-order chi connectivity index (χ1) is 6.60. The second-order valence-electron chi connectivity index (χ2n) is 3.69. The van der Waals surface area contributed by atoms with E-state index in [0.717, 1.165) is 5.75 Å². The average molecular weight is 193 g/mol. The van der Waals surface area contributed by atoms with E-state index in [-0.39, 0.29) is 0 Å². The molecule has 2 heteroatoms. The van der Waals surface area contributed by atoms with Crippen molar-refractivity contribution in [1.82, 2.24) is 5.32 Å². The molecule has 0 heterocycles. The Bertz CT molecular complexity index is 320. The van der Waals surface area contributed by atoms with Crippen LogP contribution < -0.4 is 10.1 Å². The van der Waals surface area contributed by atoms with Gasteiger partial charge in [0, 0.05) is 11.6 Å². The molecule has 1 N–H and O–H groups in total. The van der Waals surface area contributed by atoms with Gasteiger partial charge in [-0.05, 0) is 45.0 Å². The van der Waals surface area contributed by atoms with E-state index in [4.69, 9.17) is 4.74 Å². The summed E-state index contributed by atoms with van der Waals surface area (Å²) in [6.45, 7) is 6.36. The summed E-state index contributed by atoms with van der Waals surface area (Å²) in [6.07, 6.45) is 0. The van der Waals surface area contributed by atoms with Gasteiger partial charge in [-0.25, -0.2) is 0 Å². The first-order valence-corrected chi connectivity index (χ1v) is 4.92. The summed E-state index contributed by atoms with van der Waals surface area (Å²) in [5.74, 6) is 0.968. The second kappa shape index (κ2) is 4.47. The molecule has 0 aliphatic rings. The molecule has 78 valence electrons. The van der Waals surface area contributed by atoms with Crippen LogP contribution in [0, 0.1) is 13.8 Å². The lowest BCUT2D eigenvalue weighted by atomic mass is 10.0. The van der Waals surface area contributed by atoms with Gasteiger partial charge in [0.2, 0.25) is 0 Å². The van der Waals surface area contributed by atoms with Crippen molar-refractivity contribution in [2.45, 2.75) is 26.8 Å². The third-order valence-corrected chi connectivity index (χ3v) is 2.75. The average Bonchev–Trinajstić information content (AvgIpc) is 2.20. The predicted octanol–water partition coefficient (Wildman–Crippen LogP) is 2.59. The van der Waals surface area contributed by atoms with E-state index in [1.807, 2.05) is 7.05 Å². The van der Waals surface area contributed by atoms with Crippen molar-refractivity contribution < 1.29 is 4.74 Å². The Hall–Kier alpha value is -1.02. The largest absolute Gasteiger partial charge is 0.496 e. The highest BCUT2D eigenvalue weighted by Gasteiger charge is 2.10. The molecular weight excluding hydrogens is 174 g/mol. The molecule has 1 aromatic rings. The first-order valence-electron chi connectivity index (χ1n) is 4.92. The van der Waals surface area contributed by atoms with Gasteiger partial charge in [-0.2, -0.15) is 0 Å². The zero-order valence-electron chi connectivity index (χ0n) is 9.64. The Morgan fingerprint density at radius 1 is 1.21 bits per heavy atom. The number of benzene rings is 1. The minimum absolute atomic E-state index is 0.323. The van der Waals surface area contributed by atoms with Gasteiger partial charge in [0.25, 0.3) is 0 Å². The smallest absolute Gasteiger partial charge is 0.123 e. The van der Waals surface area contributed by atoms with Crippen LogP contribution in [0.4, 0.5) is 0 Å². The lowest BCUT2D eigenvalue weighted by Gasteiger charge is -2.17. The van der Waals surface area contributed by atoms with Crippen LogP contribution in [-0.2, 0) is 0 Å². The van der Waals surface area contributed by atoms with E-state index in [0.29, 0.717) is 6.04 Å². The molecule has 0 aliphatic carbocycles. The number of rotatable bonds is 3. The Morgan fingerprint density at radius 2 is 1.79 bits per heavy atom. The van der Waals surface area contributed by atoms with Crippen molar-refractivity contribution in [2.75, 3.05) is 14.2 Å². The standard InChI is InChI=1S/C12H19NO/c1-8-6-11(10(3)13-4)12(14-5)7-9(8)2/h6-7,10,13H,1-5H3/t10-/m0/s1. The number of nitrogens with one attached hydrogen (secondary N) is 1. The maximum Gasteiger partial charge on any atom is 0.123 e. The van der Waals surface area contributed by atoms with Crippen LogP contribution >= 0.6 is 0 Å². The lowest BCUT2D eigenvalue weighted by molar-refractivity contribution is 0.403. The molecule has 2 nitrogen and oxygen atoms in total. The molecule has 0 bridgehead atoms. The molecular formula is C12H19NO. The van der Waals surface area contributed by atoms with E-state index in [9.17, 15) is 0 Å². The minimum atomic E-state index is 0.323. The Morgan fingerprint density at radius 3 is 2.29 bits per heavy atom. The fourth-order valence-corrected chi connectivity index (χ4v) is 1.48. The third-order valence-electron chi connectivity index (χ3n) is 2.75. The molecule has 0 saturated heterocycles. The molecule has 0 unspecified atom stereocenters. The third kappa shape index (κ3) is 2.07. The molecule has 0 amide bonds. The van der Waals surface area contributed by atoms with E-state index in [1.54, 1.807) is 7.11 Å². The summed E-state index contributed by atoms with van der Waals surface area (Å²) in [6, 6.07) is 4.61. The summed E-state index contributed by atoms with van der Waals surface area (Å²) in [7, 11) is 3.68.